The molecule has 3 nitrogen and oxygen atoms in total. The Labute approximate surface area is 130 Å². The summed E-state index contributed by atoms with van der Waals surface area (Å²) in [6, 6.07) is 4.45. The van der Waals surface area contributed by atoms with Crippen molar-refractivity contribution in [2.45, 2.75) is 32.2 Å². The van der Waals surface area contributed by atoms with Crippen molar-refractivity contribution < 1.29 is 9.47 Å². The van der Waals surface area contributed by atoms with Crippen molar-refractivity contribution in [1.82, 2.24) is 5.32 Å². The van der Waals surface area contributed by atoms with Crippen LogP contribution in [0, 0.1) is 11.8 Å². The van der Waals surface area contributed by atoms with Crippen LogP contribution in [0.2, 0.25) is 0 Å². The number of hydrogen-bond donors (Lipinski definition) is 1. The molecule has 112 valence electrons. The van der Waals surface area contributed by atoms with E-state index in [0.717, 1.165) is 21.9 Å². The maximum atomic E-state index is 5.62. The van der Waals surface area contributed by atoms with E-state index in [-0.39, 0.29) is 0 Å². The summed E-state index contributed by atoms with van der Waals surface area (Å²) in [5.74, 6) is 3.18. The van der Waals surface area contributed by atoms with Gasteiger partial charge in [0.05, 0.1) is 14.2 Å². The highest BCUT2D eigenvalue weighted by Gasteiger charge is 2.31. The number of rotatable bonds is 5. The third kappa shape index (κ3) is 2.96. The van der Waals surface area contributed by atoms with E-state index in [0.29, 0.717) is 12.0 Å². The van der Waals surface area contributed by atoms with Gasteiger partial charge in [0.1, 0.15) is 16.0 Å². The van der Waals surface area contributed by atoms with Crippen LogP contribution in [0.15, 0.2) is 16.6 Å². The van der Waals surface area contributed by atoms with Crippen LogP contribution in [-0.2, 0) is 0 Å². The van der Waals surface area contributed by atoms with E-state index in [1.807, 2.05) is 13.1 Å². The molecule has 0 aromatic heterocycles. The topological polar surface area (TPSA) is 30.5 Å². The molecule has 2 rings (SSSR count). The molecule has 0 radical (unpaired) electrons. The Morgan fingerprint density at radius 2 is 2.00 bits per heavy atom. The lowest BCUT2D eigenvalue weighted by molar-refractivity contribution is 0.347. The zero-order chi connectivity index (χ0) is 14.7. The highest BCUT2D eigenvalue weighted by molar-refractivity contribution is 9.10. The number of benzene rings is 1. The third-order valence-corrected chi connectivity index (χ3v) is 5.12. The molecule has 1 aromatic rings. The molecule has 0 saturated heterocycles. The second-order valence-corrected chi connectivity index (χ2v) is 6.44. The second-order valence-electron chi connectivity index (χ2n) is 5.65. The first-order valence-electron chi connectivity index (χ1n) is 7.20. The summed E-state index contributed by atoms with van der Waals surface area (Å²) >= 11 is 3.59. The van der Waals surface area contributed by atoms with Crippen LogP contribution in [0.3, 0.4) is 0 Å². The predicted octanol–water partition coefficient (Wildman–Crippen LogP) is 4.16. The molecule has 1 aliphatic carbocycles. The summed E-state index contributed by atoms with van der Waals surface area (Å²) in [7, 11) is 5.42. The number of hydrogen-bond acceptors (Lipinski definition) is 3. The number of nitrogens with one attached hydrogen (secondary N) is 1. The maximum absolute atomic E-state index is 5.62. The quantitative estimate of drug-likeness (QED) is 0.871. The van der Waals surface area contributed by atoms with Crippen LogP contribution in [0.4, 0.5) is 0 Å². The van der Waals surface area contributed by atoms with Crippen LogP contribution in [-0.4, -0.2) is 21.3 Å². The van der Waals surface area contributed by atoms with Gasteiger partial charge in [0, 0.05) is 11.6 Å². The van der Waals surface area contributed by atoms with Gasteiger partial charge in [-0.05, 0) is 59.8 Å². The molecule has 3 atom stereocenters. The van der Waals surface area contributed by atoms with Gasteiger partial charge in [-0.1, -0.05) is 13.3 Å². The number of halogens is 1. The minimum atomic E-state index is 0.331. The highest BCUT2D eigenvalue weighted by atomic mass is 79.9. The van der Waals surface area contributed by atoms with Crippen molar-refractivity contribution >= 4 is 15.9 Å². The lowest BCUT2D eigenvalue weighted by Crippen LogP contribution is -2.24. The number of methoxy groups -OCH3 is 2. The van der Waals surface area contributed by atoms with E-state index in [9.17, 15) is 0 Å². The summed E-state index contributed by atoms with van der Waals surface area (Å²) in [6.07, 6.45) is 3.88. The molecule has 1 aromatic carbocycles. The fourth-order valence-electron chi connectivity index (χ4n) is 3.36. The Kier molecular flexibility index (Phi) is 5.33. The van der Waals surface area contributed by atoms with Gasteiger partial charge in [0.15, 0.2) is 0 Å². The first-order valence-corrected chi connectivity index (χ1v) is 7.99. The summed E-state index contributed by atoms with van der Waals surface area (Å²) in [5, 5.41) is 3.48. The van der Waals surface area contributed by atoms with Crippen molar-refractivity contribution in [2.24, 2.45) is 11.8 Å². The molecule has 0 aliphatic heterocycles. The van der Waals surface area contributed by atoms with Crippen LogP contribution >= 0.6 is 15.9 Å². The van der Waals surface area contributed by atoms with E-state index in [1.165, 1.54) is 24.8 Å². The Hall–Kier alpha value is -0.740. The van der Waals surface area contributed by atoms with E-state index < -0.39 is 0 Å². The van der Waals surface area contributed by atoms with Gasteiger partial charge in [-0.3, -0.25) is 0 Å². The van der Waals surface area contributed by atoms with E-state index >= 15 is 0 Å². The molecule has 20 heavy (non-hydrogen) atoms. The van der Waals surface area contributed by atoms with Gasteiger partial charge < -0.3 is 14.8 Å². The smallest absolute Gasteiger partial charge is 0.141 e. The Morgan fingerprint density at radius 3 is 2.50 bits per heavy atom. The van der Waals surface area contributed by atoms with Crippen LogP contribution in [0.1, 0.15) is 37.8 Å². The fourth-order valence-corrected chi connectivity index (χ4v) is 4.05. The highest BCUT2D eigenvalue weighted by Crippen LogP contribution is 2.45. The standard InChI is InChI=1S/C16H24BrNO2/c1-10-5-6-11(9-10)15(18-2)12-7-8-13(19-3)14(17)16(12)20-4/h7-8,10-11,15,18H,5-6,9H2,1-4H3. The molecule has 1 fully saturated rings. The maximum Gasteiger partial charge on any atom is 0.141 e. The fraction of sp³-hybridized carbons (Fsp3) is 0.625. The average Bonchev–Trinajstić information content (AvgIpc) is 2.86. The lowest BCUT2D eigenvalue weighted by Gasteiger charge is -2.26. The summed E-state index contributed by atoms with van der Waals surface area (Å²) in [6.45, 7) is 2.34. The first-order chi connectivity index (χ1) is 9.62. The van der Waals surface area contributed by atoms with E-state index in [1.54, 1.807) is 14.2 Å². The monoisotopic (exact) mass is 341 g/mol. The Balaban J connectivity index is 2.36. The van der Waals surface area contributed by atoms with Gasteiger partial charge >= 0.3 is 0 Å². The second kappa shape index (κ2) is 6.81. The SMILES string of the molecule is CNC(c1ccc(OC)c(Br)c1OC)C1CCC(C)C1. The van der Waals surface area contributed by atoms with Crippen molar-refractivity contribution in [1.29, 1.82) is 0 Å². The lowest BCUT2D eigenvalue weighted by atomic mass is 9.90. The minimum Gasteiger partial charge on any atom is -0.495 e. The van der Waals surface area contributed by atoms with E-state index in [4.69, 9.17) is 9.47 Å². The summed E-state index contributed by atoms with van der Waals surface area (Å²) in [4.78, 5) is 0. The molecule has 4 heteroatoms. The van der Waals surface area contributed by atoms with Crippen molar-refractivity contribution in [3.63, 3.8) is 0 Å². The largest absolute Gasteiger partial charge is 0.495 e. The zero-order valence-electron chi connectivity index (χ0n) is 12.7. The van der Waals surface area contributed by atoms with Gasteiger partial charge in [0.2, 0.25) is 0 Å². The molecule has 0 heterocycles. The predicted molar refractivity (Wildman–Crippen MR) is 85.6 cm³/mol. The van der Waals surface area contributed by atoms with Gasteiger partial charge in [-0.2, -0.15) is 0 Å². The Morgan fingerprint density at radius 1 is 1.25 bits per heavy atom. The molecular formula is C16H24BrNO2. The molecule has 0 spiro atoms. The molecule has 3 unspecified atom stereocenters. The van der Waals surface area contributed by atoms with Crippen LogP contribution in [0.25, 0.3) is 0 Å². The summed E-state index contributed by atoms with van der Waals surface area (Å²) < 4.78 is 11.9. The molecule has 0 amide bonds. The Bertz CT molecular complexity index is 464. The molecule has 1 N–H and O–H groups in total. The number of ether oxygens (including phenoxy) is 2. The van der Waals surface area contributed by atoms with Gasteiger partial charge in [0.25, 0.3) is 0 Å². The van der Waals surface area contributed by atoms with Crippen molar-refractivity contribution in [3.8, 4) is 11.5 Å². The van der Waals surface area contributed by atoms with Gasteiger partial charge in [-0.25, -0.2) is 0 Å². The minimum absolute atomic E-state index is 0.331. The van der Waals surface area contributed by atoms with Crippen LogP contribution < -0.4 is 14.8 Å². The zero-order valence-corrected chi connectivity index (χ0v) is 14.3. The normalized spacial score (nSPS) is 23.6. The van der Waals surface area contributed by atoms with Crippen molar-refractivity contribution in [2.75, 3.05) is 21.3 Å². The third-order valence-electron chi connectivity index (χ3n) is 4.37. The van der Waals surface area contributed by atoms with Crippen molar-refractivity contribution in [3.05, 3.63) is 22.2 Å². The molecule has 0 bridgehead atoms. The molecule has 1 aliphatic rings. The van der Waals surface area contributed by atoms with Crippen LogP contribution in [0.5, 0.6) is 11.5 Å². The van der Waals surface area contributed by atoms with Gasteiger partial charge in [-0.15, -0.1) is 0 Å². The average molecular weight is 342 g/mol. The molecular weight excluding hydrogens is 318 g/mol. The van der Waals surface area contributed by atoms with E-state index in [2.05, 4.69) is 34.2 Å². The molecule has 1 saturated carbocycles. The first kappa shape index (κ1) is 15.6. The summed E-state index contributed by atoms with van der Waals surface area (Å²) in [5.41, 5.74) is 1.21.